The molecule has 2 N–H and O–H groups in total. The van der Waals surface area contributed by atoms with E-state index in [9.17, 15) is 5.11 Å². The molecule has 170 valence electrons. The summed E-state index contributed by atoms with van der Waals surface area (Å²) in [4.78, 5) is 0. The summed E-state index contributed by atoms with van der Waals surface area (Å²) >= 11 is 5.73. The molecule has 32 heavy (non-hydrogen) atoms. The van der Waals surface area contributed by atoms with Crippen LogP contribution in [0.3, 0.4) is 0 Å². The first kappa shape index (κ1) is 23.8. The molecule has 0 aliphatic rings. The van der Waals surface area contributed by atoms with Crippen LogP contribution in [0.4, 0.5) is 0 Å². The molecular formula is C24H28ClN3O4. The number of para-hydroxylation sites is 2. The van der Waals surface area contributed by atoms with Gasteiger partial charge in [-0.25, -0.2) is 0 Å². The molecule has 0 saturated heterocycles. The van der Waals surface area contributed by atoms with Gasteiger partial charge in [0.1, 0.15) is 25.9 Å². The molecular weight excluding hydrogens is 430 g/mol. The number of aromatic nitrogens is 2. The zero-order chi connectivity index (χ0) is 22.8. The molecule has 1 atom stereocenters. The van der Waals surface area contributed by atoms with E-state index in [1.807, 2.05) is 68.4 Å². The van der Waals surface area contributed by atoms with Gasteiger partial charge >= 0.3 is 0 Å². The van der Waals surface area contributed by atoms with Crippen molar-refractivity contribution >= 4 is 11.6 Å². The second-order valence-electron chi connectivity index (χ2n) is 7.93. The van der Waals surface area contributed by atoms with E-state index >= 15 is 0 Å². The Morgan fingerprint density at radius 2 is 1.59 bits per heavy atom. The second-order valence-corrected chi connectivity index (χ2v) is 8.32. The Balaban J connectivity index is 1.43. The fourth-order valence-electron chi connectivity index (χ4n) is 2.75. The van der Waals surface area contributed by atoms with Crippen molar-refractivity contribution in [2.75, 3.05) is 19.8 Å². The zero-order valence-electron chi connectivity index (χ0n) is 18.2. The highest BCUT2D eigenvalue weighted by Gasteiger charge is 2.20. The van der Waals surface area contributed by atoms with Crippen LogP contribution < -0.4 is 19.5 Å². The fraction of sp³-hybridized carbons (Fsp3) is 0.333. The number of hydrogen-bond acceptors (Lipinski definition) is 7. The maximum Gasteiger partial charge on any atom is 0.233 e. The Bertz CT molecular complexity index is 955. The van der Waals surface area contributed by atoms with Crippen LogP contribution in [0.15, 0.2) is 66.7 Å². The summed E-state index contributed by atoms with van der Waals surface area (Å²) in [5.74, 6) is 1.61. The molecule has 8 heteroatoms. The highest BCUT2D eigenvalue weighted by Crippen LogP contribution is 2.27. The standard InChI is InChI=1S/C24H28ClN3O4/c1-24(2,17-32-23-13-12-22(25)27-28-23)26-14-19(29)16-31-21-11-7-6-10-20(21)30-15-18-8-4-3-5-9-18/h3-13,19,26,29H,14-17H2,1-2H3. The third kappa shape index (κ3) is 8.00. The van der Waals surface area contributed by atoms with E-state index in [4.69, 9.17) is 25.8 Å². The van der Waals surface area contributed by atoms with Crippen LogP contribution in [0.2, 0.25) is 5.15 Å². The minimum Gasteiger partial charge on any atom is -0.487 e. The quantitative estimate of drug-likeness (QED) is 0.426. The molecule has 0 bridgehead atoms. The summed E-state index contributed by atoms with van der Waals surface area (Å²) in [6, 6.07) is 20.6. The summed E-state index contributed by atoms with van der Waals surface area (Å²) in [6.07, 6.45) is -0.716. The molecule has 7 nitrogen and oxygen atoms in total. The number of nitrogens with one attached hydrogen (secondary N) is 1. The van der Waals surface area contributed by atoms with Gasteiger partial charge in [0.25, 0.3) is 0 Å². The topological polar surface area (TPSA) is 85.7 Å². The maximum atomic E-state index is 10.4. The number of hydrogen-bond donors (Lipinski definition) is 2. The van der Waals surface area contributed by atoms with E-state index < -0.39 is 11.6 Å². The summed E-state index contributed by atoms with van der Waals surface area (Å²) in [5, 5.41) is 21.6. The lowest BCUT2D eigenvalue weighted by Crippen LogP contribution is -2.48. The number of ether oxygens (including phenoxy) is 3. The van der Waals surface area contributed by atoms with Crippen molar-refractivity contribution < 1.29 is 19.3 Å². The van der Waals surface area contributed by atoms with Crippen LogP contribution in [0, 0.1) is 0 Å². The smallest absolute Gasteiger partial charge is 0.233 e. The molecule has 0 fully saturated rings. The molecule has 3 rings (SSSR count). The van der Waals surface area contributed by atoms with Crippen molar-refractivity contribution in [1.29, 1.82) is 0 Å². The average Bonchev–Trinajstić information content (AvgIpc) is 2.81. The predicted molar refractivity (Wildman–Crippen MR) is 123 cm³/mol. The van der Waals surface area contributed by atoms with Crippen molar-refractivity contribution in [3.05, 3.63) is 77.4 Å². The third-order valence-electron chi connectivity index (χ3n) is 4.52. The third-order valence-corrected chi connectivity index (χ3v) is 4.72. The summed E-state index contributed by atoms with van der Waals surface area (Å²) in [7, 11) is 0. The average molecular weight is 458 g/mol. The van der Waals surface area contributed by atoms with Crippen molar-refractivity contribution in [3.63, 3.8) is 0 Å². The first-order valence-electron chi connectivity index (χ1n) is 10.3. The maximum absolute atomic E-state index is 10.4. The van der Waals surface area contributed by atoms with Crippen LogP contribution >= 0.6 is 11.6 Å². The number of benzene rings is 2. The van der Waals surface area contributed by atoms with Gasteiger partial charge < -0.3 is 24.6 Å². The Morgan fingerprint density at radius 1 is 0.906 bits per heavy atom. The Hall–Kier alpha value is -2.87. The van der Waals surface area contributed by atoms with Crippen LogP contribution in [0.25, 0.3) is 0 Å². The second kappa shape index (κ2) is 11.7. The fourth-order valence-corrected chi connectivity index (χ4v) is 2.85. The number of aliphatic hydroxyl groups excluding tert-OH is 1. The summed E-state index contributed by atoms with van der Waals surface area (Å²) in [5.41, 5.74) is 0.666. The molecule has 0 radical (unpaired) electrons. The molecule has 0 spiro atoms. The van der Waals surface area contributed by atoms with Crippen LogP contribution in [-0.4, -0.2) is 46.7 Å². The predicted octanol–water partition coefficient (Wildman–Crippen LogP) is 3.90. The number of rotatable bonds is 12. The number of aliphatic hydroxyl groups is 1. The van der Waals surface area contributed by atoms with Gasteiger partial charge in [-0.15, -0.1) is 10.2 Å². The normalized spacial score (nSPS) is 12.2. The van der Waals surface area contributed by atoms with E-state index in [1.54, 1.807) is 12.1 Å². The molecule has 2 aromatic carbocycles. The lowest BCUT2D eigenvalue weighted by molar-refractivity contribution is 0.0903. The van der Waals surface area contributed by atoms with E-state index in [0.717, 1.165) is 5.56 Å². The minimum atomic E-state index is -0.716. The van der Waals surface area contributed by atoms with Crippen LogP contribution in [-0.2, 0) is 6.61 Å². The van der Waals surface area contributed by atoms with Gasteiger partial charge in [-0.2, -0.15) is 0 Å². The van der Waals surface area contributed by atoms with Crippen molar-refractivity contribution in [3.8, 4) is 17.4 Å². The number of nitrogens with zero attached hydrogens (tertiary/aromatic N) is 2. The van der Waals surface area contributed by atoms with Gasteiger partial charge in [0.05, 0.1) is 0 Å². The molecule has 0 aliphatic carbocycles. The lowest BCUT2D eigenvalue weighted by Gasteiger charge is -2.27. The number of halogens is 1. The summed E-state index contributed by atoms with van der Waals surface area (Å²) < 4.78 is 17.4. The van der Waals surface area contributed by atoms with E-state index in [1.165, 1.54) is 0 Å². The van der Waals surface area contributed by atoms with Gasteiger partial charge in [0.2, 0.25) is 5.88 Å². The minimum absolute atomic E-state index is 0.123. The first-order chi connectivity index (χ1) is 15.4. The largest absolute Gasteiger partial charge is 0.487 e. The molecule has 0 saturated carbocycles. The molecule has 0 aliphatic heterocycles. The highest BCUT2D eigenvalue weighted by atomic mass is 35.5. The molecule has 1 heterocycles. The van der Waals surface area contributed by atoms with Gasteiger partial charge in [0, 0.05) is 18.2 Å². The molecule has 0 amide bonds. The van der Waals surface area contributed by atoms with E-state index in [0.29, 0.717) is 42.3 Å². The van der Waals surface area contributed by atoms with E-state index in [-0.39, 0.29) is 6.61 Å². The zero-order valence-corrected chi connectivity index (χ0v) is 19.0. The lowest BCUT2D eigenvalue weighted by atomic mass is 10.1. The molecule has 1 aromatic heterocycles. The van der Waals surface area contributed by atoms with Gasteiger partial charge in [-0.3, -0.25) is 0 Å². The number of β-amino-alcohol motifs (C(OH)–C–C–N with tert-alkyl or cyclic N) is 1. The Morgan fingerprint density at radius 3 is 2.28 bits per heavy atom. The summed E-state index contributed by atoms with van der Waals surface area (Å²) in [6.45, 7) is 5.17. The SMILES string of the molecule is CC(C)(COc1ccc(Cl)nn1)NCC(O)COc1ccccc1OCc1ccccc1. The molecule has 3 aromatic rings. The first-order valence-corrected chi connectivity index (χ1v) is 10.7. The monoisotopic (exact) mass is 457 g/mol. The van der Waals surface area contributed by atoms with Crippen molar-refractivity contribution in [2.45, 2.75) is 32.1 Å². The Labute approximate surface area is 193 Å². The molecule has 1 unspecified atom stereocenters. The van der Waals surface area contributed by atoms with Gasteiger partial charge in [-0.1, -0.05) is 54.1 Å². The van der Waals surface area contributed by atoms with Crippen molar-refractivity contribution in [1.82, 2.24) is 15.5 Å². The van der Waals surface area contributed by atoms with Gasteiger partial charge in [-0.05, 0) is 37.6 Å². The Kier molecular flexibility index (Phi) is 8.67. The van der Waals surface area contributed by atoms with Crippen LogP contribution in [0.5, 0.6) is 17.4 Å². The van der Waals surface area contributed by atoms with Crippen LogP contribution in [0.1, 0.15) is 19.4 Å². The van der Waals surface area contributed by atoms with Crippen molar-refractivity contribution in [2.24, 2.45) is 0 Å². The van der Waals surface area contributed by atoms with Gasteiger partial charge in [0.15, 0.2) is 16.7 Å². The highest BCUT2D eigenvalue weighted by molar-refractivity contribution is 6.29. The van der Waals surface area contributed by atoms with E-state index in [2.05, 4.69) is 15.5 Å².